The number of hydrogen-bond donors (Lipinski definition) is 0. The van der Waals surface area contributed by atoms with Crippen molar-refractivity contribution in [1.29, 1.82) is 0 Å². The van der Waals surface area contributed by atoms with Gasteiger partial charge in [-0.05, 0) is 0 Å². The Labute approximate surface area is 85.2 Å². The molecule has 0 aromatic carbocycles. The van der Waals surface area contributed by atoms with Crippen LogP contribution in [0, 0.1) is 20.8 Å². The Morgan fingerprint density at radius 3 is 2.23 bits per heavy atom. The predicted octanol–water partition coefficient (Wildman–Crippen LogP) is 0.777. The van der Waals surface area contributed by atoms with Crippen molar-refractivity contribution in [2.24, 2.45) is 0 Å². The molecule has 2 nitrogen and oxygen atoms in total. The normalized spacial score (nSPS) is 9.54. The molecule has 0 bridgehead atoms. The zero-order valence-electron chi connectivity index (χ0n) is 8.64. The molecule has 0 aliphatic rings. The van der Waals surface area contributed by atoms with Crippen molar-refractivity contribution in [2.45, 2.75) is 20.8 Å². The van der Waals surface area contributed by atoms with Gasteiger partial charge in [0.1, 0.15) is 0 Å². The van der Waals surface area contributed by atoms with E-state index in [1.165, 1.54) is 11.1 Å². The molecule has 0 amide bonds. The van der Waals surface area contributed by atoms with Gasteiger partial charge in [-0.3, -0.25) is 0 Å². The van der Waals surface area contributed by atoms with E-state index in [0.29, 0.717) is 0 Å². The van der Waals surface area contributed by atoms with Gasteiger partial charge in [0.25, 0.3) is 0 Å². The number of aromatic nitrogens is 1. The average molecular weight is 191 g/mol. The fourth-order valence-corrected chi connectivity index (χ4v) is 2.04. The van der Waals surface area contributed by atoms with Gasteiger partial charge >= 0.3 is 84.9 Å². The number of nitrogens with zero attached hydrogens (tertiary/aromatic N) is 1. The quantitative estimate of drug-likeness (QED) is 0.644. The average Bonchev–Trinajstić information content (AvgIpc) is 2.15. The Balaban J connectivity index is 3.45. The van der Waals surface area contributed by atoms with Crippen LogP contribution in [0.2, 0.25) is 0 Å². The summed E-state index contributed by atoms with van der Waals surface area (Å²) in [5.74, 6) is 0.745. The summed E-state index contributed by atoms with van der Waals surface area (Å²) < 4.78 is 6.31. The van der Waals surface area contributed by atoms with E-state index >= 15 is 0 Å². The van der Waals surface area contributed by atoms with Gasteiger partial charge in [-0.2, -0.15) is 0 Å². The van der Waals surface area contributed by atoms with Crippen molar-refractivity contribution < 1.29 is 4.74 Å². The third-order valence-electron chi connectivity index (χ3n) is 2.44. The van der Waals surface area contributed by atoms with Gasteiger partial charge in [0.05, 0.1) is 0 Å². The summed E-state index contributed by atoms with van der Waals surface area (Å²) in [6, 6.07) is 0. The molecule has 0 saturated heterocycles. The Morgan fingerprint density at radius 1 is 1.15 bits per heavy atom. The molecule has 1 aromatic heterocycles. The molecule has 0 radical (unpaired) electrons. The second-order valence-corrected chi connectivity index (χ2v) is 4.04. The maximum atomic E-state index is 5.20. The van der Waals surface area contributed by atoms with Gasteiger partial charge in [-0.25, -0.2) is 0 Å². The molecule has 0 atom stereocenters. The third kappa shape index (κ3) is 1.82. The summed E-state index contributed by atoms with van der Waals surface area (Å²) in [6.45, 7) is 6.24. The van der Waals surface area contributed by atoms with E-state index in [1.54, 1.807) is 7.11 Å². The molecule has 0 aliphatic carbocycles. The SMILES string of the molecule is [CH2]=[Al][c]1nc(OC)c(C)c(C)c1C. The topological polar surface area (TPSA) is 22.1 Å². The van der Waals surface area contributed by atoms with E-state index in [9.17, 15) is 0 Å². The van der Waals surface area contributed by atoms with E-state index in [1.807, 2.05) is 6.92 Å². The van der Waals surface area contributed by atoms with Gasteiger partial charge in [0.15, 0.2) is 0 Å². The second kappa shape index (κ2) is 4.04. The maximum absolute atomic E-state index is 5.20. The van der Waals surface area contributed by atoms with E-state index in [-0.39, 0.29) is 14.8 Å². The predicted molar refractivity (Wildman–Crippen MR) is 57.5 cm³/mol. The zero-order chi connectivity index (χ0) is 10.0. The molecular formula is C10H14AlNO. The van der Waals surface area contributed by atoms with Crippen LogP contribution in [0.1, 0.15) is 16.7 Å². The van der Waals surface area contributed by atoms with E-state index in [0.717, 1.165) is 16.0 Å². The van der Waals surface area contributed by atoms with Crippen LogP contribution in [0.5, 0.6) is 5.88 Å². The van der Waals surface area contributed by atoms with Crippen molar-refractivity contribution in [3.63, 3.8) is 0 Å². The van der Waals surface area contributed by atoms with Crippen LogP contribution in [-0.2, 0) is 0 Å². The van der Waals surface area contributed by atoms with E-state index in [2.05, 4.69) is 24.2 Å². The summed E-state index contributed by atoms with van der Waals surface area (Å²) in [5, 5.41) is 3.93. The number of pyridine rings is 1. The Kier molecular flexibility index (Phi) is 3.24. The molecule has 1 aromatic rings. The summed E-state index contributed by atoms with van der Waals surface area (Å²) in [5.41, 5.74) is 3.68. The van der Waals surface area contributed by atoms with Gasteiger partial charge in [0, 0.05) is 0 Å². The van der Waals surface area contributed by atoms with Crippen LogP contribution in [-0.4, -0.2) is 32.3 Å². The number of ether oxygens (including phenoxy) is 1. The molecule has 13 heavy (non-hydrogen) atoms. The molecular weight excluding hydrogens is 177 g/mol. The molecule has 0 N–H and O–H groups in total. The molecule has 0 unspecified atom stereocenters. The minimum absolute atomic E-state index is 0.0165. The van der Waals surface area contributed by atoms with E-state index < -0.39 is 0 Å². The van der Waals surface area contributed by atoms with Crippen molar-refractivity contribution in [1.82, 2.24) is 4.98 Å². The zero-order valence-corrected chi connectivity index (χ0v) is 9.79. The number of rotatable bonds is 2. The second-order valence-electron chi connectivity index (χ2n) is 3.09. The molecule has 1 rings (SSSR count). The fraction of sp³-hybridized carbons (Fsp3) is 0.400. The number of hydrogen-bond acceptors (Lipinski definition) is 2. The molecule has 3 heteroatoms. The first-order chi connectivity index (χ1) is 6.11. The summed E-state index contributed by atoms with van der Waals surface area (Å²) in [7, 11) is 1.66. The van der Waals surface area contributed by atoms with Crippen molar-refractivity contribution >= 4 is 24.7 Å². The first-order valence-corrected chi connectivity index (χ1v) is 5.65. The minimum atomic E-state index is 0.0165. The van der Waals surface area contributed by atoms with Gasteiger partial charge in [0.2, 0.25) is 0 Å². The summed E-state index contributed by atoms with van der Waals surface area (Å²) >= 11 is 0.0165. The van der Waals surface area contributed by atoms with Crippen LogP contribution in [0.15, 0.2) is 0 Å². The van der Waals surface area contributed by atoms with Gasteiger partial charge in [-0.15, -0.1) is 0 Å². The first kappa shape index (κ1) is 10.4. The van der Waals surface area contributed by atoms with Crippen LogP contribution in [0.25, 0.3) is 0 Å². The first-order valence-electron chi connectivity index (χ1n) is 4.26. The molecule has 0 fully saturated rings. The third-order valence-corrected chi connectivity index (χ3v) is 3.39. The van der Waals surface area contributed by atoms with Crippen LogP contribution >= 0.6 is 0 Å². The fourth-order valence-electron chi connectivity index (χ4n) is 1.31. The van der Waals surface area contributed by atoms with Crippen LogP contribution < -0.4 is 9.29 Å². The van der Waals surface area contributed by atoms with Gasteiger partial charge < -0.3 is 0 Å². The Morgan fingerprint density at radius 2 is 1.77 bits per heavy atom. The van der Waals surface area contributed by atoms with E-state index in [4.69, 9.17) is 4.74 Å². The molecule has 0 saturated carbocycles. The Hall–Kier alpha value is -0.648. The number of methoxy groups -OCH3 is 1. The van der Waals surface area contributed by atoms with Crippen molar-refractivity contribution in [3.8, 4) is 5.88 Å². The summed E-state index contributed by atoms with van der Waals surface area (Å²) in [6.07, 6.45) is 0. The monoisotopic (exact) mass is 191 g/mol. The molecule has 1 heterocycles. The van der Waals surface area contributed by atoms with Crippen LogP contribution in [0.3, 0.4) is 0 Å². The molecule has 0 aliphatic heterocycles. The standard InChI is InChI=1S/C9H12NO.CH2.Al/c1-6-5-10-9(11-4)8(3)7(6)2;;/h1-4H3;1H2;. The molecule has 68 valence electrons. The van der Waals surface area contributed by atoms with Gasteiger partial charge in [-0.1, -0.05) is 0 Å². The van der Waals surface area contributed by atoms with Crippen molar-refractivity contribution in [3.05, 3.63) is 16.7 Å². The van der Waals surface area contributed by atoms with Crippen LogP contribution in [0.4, 0.5) is 0 Å². The Bertz CT molecular complexity index is 347. The van der Waals surface area contributed by atoms with Crippen molar-refractivity contribution in [2.75, 3.05) is 7.11 Å². The summed E-state index contributed by atoms with van der Waals surface area (Å²) in [4.78, 5) is 4.42. The molecule has 0 spiro atoms.